The minimum atomic E-state index is -3.44. The molecule has 2 rings (SSSR count). The van der Waals surface area contributed by atoms with Crippen molar-refractivity contribution in [3.63, 3.8) is 0 Å². The minimum absolute atomic E-state index is 0.0182. The van der Waals surface area contributed by atoms with Crippen molar-refractivity contribution in [2.24, 2.45) is 5.92 Å². The molecule has 0 radical (unpaired) electrons. The maximum absolute atomic E-state index is 12.4. The predicted molar refractivity (Wildman–Crippen MR) is 81.6 cm³/mol. The Morgan fingerprint density at radius 3 is 2.38 bits per heavy atom. The average Bonchev–Trinajstić information content (AvgIpc) is 2.46. The highest BCUT2D eigenvalue weighted by Crippen LogP contribution is 2.19. The van der Waals surface area contributed by atoms with Crippen LogP contribution in [0, 0.1) is 5.92 Å². The predicted octanol–water partition coefficient (Wildman–Crippen LogP) is 1.81. The van der Waals surface area contributed by atoms with E-state index < -0.39 is 10.0 Å². The van der Waals surface area contributed by atoms with E-state index >= 15 is 0 Å². The van der Waals surface area contributed by atoms with Crippen LogP contribution in [0.25, 0.3) is 0 Å². The summed E-state index contributed by atoms with van der Waals surface area (Å²) in [5, 5.41) is 0. The molecule has 0 N–H and O–H groups in total. The Kier molecular flexibility index (Phi) is 4.68. The monoisotopic (exact) mass is 310 g/mol. The van der Waals surface area contributed by atoms with Gasteiger partial charge in [-0.3, -0.25) is 4.79 Å². The number of sulfonamides is 1. The number of hydrogen-bond donors (Lipinski definition) is 0. The van der Waals surface area contributed by atoms with Gasteiger partial charge in [0.15, 0.2) is 0 Å². The Morgan fingerprint density at radius 2 is 1.86 bits per heavy atom. The van der Waals surface area contributed by atoms with E-state index in [2.05, 4.69) is 6.92 Å². The number of likely N-dealkylation sites (tertiary alicyclic amines) is 1. The fourth-order valence-electron chi connectivity index (χ4n) is 2.54. The molecule has 0 saturated carbocycles. The topological polar surface area (TPSA) is 57.7 Å². The average molecular weight is 310 g/mol. The SMILES string of the molecule is C[C@H]1CCCN(C(=O)c2ccc(S(=O)(=O)N(C)C)cc2)C1. The first kappa shape index (κ1) is 16.0. The number of benzene rings is 1. The second-order valence-electron chi connectivity index (χ2n) is 5.81. The molecule has 116 valence electrons. The van der Waals surface area contributed by atoms with Crippen molar-refractivity contribution in [1.29, 1.82) is 0 Å². The molecule has 0 spiro atoms. The van der Waals surface area contributed by atoms with Crippen molar-refractivity contribution < 1.29 is 13.2 Å². The van der Waals surface area contributed by atoms with Crippen LogP contribution in [0.3, 0.4) is 0 Å². The molecule has 1 aliphatic rings. The van der Waals surface area contributed by atoms with Crippen LogP contribution >= 0.6 is 0 Å². The lowest BCUT2D eigenvalue weighted by molar-refractivity contribution is 0.0683. The molecule has 6 heteroatoms. The summed E-state index contributed by atoms with van der Waals surface area (Å²) < 4.78 is 25.1. The minimum Gasteiger partial charge on any atom is -0.338 e. The summed E-state index contributed by atoms with van der Waals surface area (Å²) >= 11 is 0. The number of carbonyl (C=O) groups is 1. The van der Waals surface area contributed by atoms with Gasteiger partial charge in [0.25, 0.3) is 5.91 Å². The molecule has 1 aliphatic heterocycles. The van der Waals surface area contributed by atoms with Gasteiger partial charge in [-0.15, -0.1) is 0 Å². The summed E-state index contributed by atoms with van der Waals surface area (Å²) in [6.07, 6.45) is 2.18. The van der Waals surface area contributed by atoms with Crippen LogP contribution in [-0.4, -0.2) is 50.7 Å². The van der Waals surface area contributed by atoms with E-state index in [9.17, 15) is 13.2 Å². The van der Waals surface area contributed by atoms with E-state index in [0.717, 1.165) is 30.2 Å². The third kappa shape index (κ3) is 3.44. The van der Waals surface area contributed by atoms with E-state index in [4.69, 9.17) is 0 Å². The molecule has 0 bridgehead atoms. The van der Waals surface area contributed by atoms with E-state index in [0.29, 0.717) is 11.5 Å². The molecule has 1 aromatic carbocycles. The quantitative estimate of drug-likeness (QED) is 0.855. The van der Waals surface area contributed by atoms with Crippen LogP contribution in [0.2, 0.25) is 0 Å². The maximum atomic E-state index is 12.4. The summed E-state index contributed by atoms with van der Waals surface area (Å²) in [4.78, 5) is 14.5. The smallest absolute Gasteiger partial charge is 0.253 e. The Hall–Kier alpha value is -1.40. The number of hydrogen-bond acceptors (Lipinski definition) is 3. The Morgan fingerprint density at radius 1 is 1.24 bits per heavy atom. The molecular formula is C15H22N2O3S. The van der Waals surface area contributed by atoms with Crippen molar-refractivity contribution in [3.05, 3.63) is 29.8 Å². The van der Waals surface area contributed by atoms with Crippen LogP contribution < -0.4 is 0 Å². The fourth-order valence-corrected chi connectivity index (χ4v) is 3.44. The molecule has 0 aliphatic carbocycles. The van der Waals surface area contributed by atoms with Crippen LogP contribution in [0.5, 0.6) is 0 Å². The normalized spacial score (nSPS) is 19.8. The van der Waals surface area contributed by atoms with Crippen molar-refractivity contribution >= 4 is 15.9 Å². The molecule has 1 atom stereocenters. The first-order chi connectivity index (χ1) is 9.82. The molecule has 1 heterocycles. The van der Waals surface area contributed by atoms with Gasteiger partial charge in [-0.25, -0.2) is 12.7 Å². The van der Waals surface area contributed by atoms with Crippen LogP contribution in [0.1, 0.15) is 30.1 Å². The second-order valence-corrected chi connectivity index (χ2v) is 7.96. The zero-order chi connectivity index (χ0) is 15.6. The fraction of sp³-hybridized carbons (Fsp3) is 0.533. The van der Waals surface area contributed by atoms with Crippen LogP contribution in [-0.2, 0) is 10.0 Å². The van der Waals surface area contributed by atoms with Gasteiger partial charge in [0.2, 0.25) is 10.0 Å². The molecule has 1 aromatic rings. The van der Waals surface area contributed by atoms with Gasteiger partial charge in [0.1, 0.15) is 0 Å². The lowest BCUT2D eigenvalue weighted by Crippen LogP contribution is -2.39. The number of carbonyl (C=O) groups excluding carboxylic acids is 1. The molecular weight excluding hydrogens is 288 g/mol. The largest absolute Gasteiger partial charge is 0.338 e. The molecule has 1 fully saturated rings. The molecule has 1 saturated heterocycles. The highest BCUT2D eigenvalue weighted by atomic mass is 32.2. The highest BCUT2D eigenvalue weighted by molar-refractivity contribution is 7.89. The van der Waals surface area contributed by atoms with Gasteiger partial charge >= 0.3 is 0 Å². The van der Waals surface area contributed by atoms with Gasteiger partial charge in [-0.05, 0) is 43.0 Å². The van der Waals surface area contributed by atoms with Crippen molar-refractivity contribution in [2.75, 3.05) is 27.2 Å². The van der Waals surface area contributed by atoms with Crippen molar-refractivity contribution in [3.8, 4) is 0 Å². The Labute approximate surface area is 126 Å². The van der Waals surface area contributed by atoms with E-state index in [1.54, 1.807) is 12.1 Å². The van der Waals surface area contributed by atoms with Gasteiger partial charge in [-0.1, -0.05) is 6.92 Å². The molecule has 5 nitrogen and oxygen atoms in total. The molecule has 21 heavy (non-hydrogen) atoms. The van der Waals surface area contributed by atoms with E-state index in [1.165, 1.54) is 26.2 Å². The molecule has 1 amide bonds. The highest BCUT2D eigenvalue weighted by Gasteiger charge is 2.23. The van der Waals surface area contributed by atoms with Crippen LogP contribution in [0.4, 0.5) is 0 Å². The summed E-state index contributed by atoms with van der Waals surface area (Å²) in [5.41, 5.74) is 0.543. The molecule has 0 aromatic heterocycles. The summed E-state index contributed by atoms with van der Waals surface area (Å²) in [5.74, 6) is 0.506. The van der Waals surface area contributed by atoms with Gasteiger partial charge < -0.3 is 4.90 Å². The third-order valence-corrected chi connectivity index (χ3v) is 5.65. The number of amides is 1. The first-order valence-corrected chi connectivity index (χ1v) is 8.58. The van der Waals surface area contributed by atoms with Crippen LogP contribution in [0.15, 0.2) is 29.2 Å². The number of nitrogens with zero attached hydrogens (tertiary/aromatic N) is 2. The molecule has 0 unspecified atom stereocenters. The van der Waals surface area contributed by atoms with E-state index in [1.807, 2.05) is 4.90 Å². The van der Waals surface area contributed by atoms with Gasteiger partial charge in [0, 0.05) is 32.7 Å². The Bertz CT molecular complexity index is 608. The number of rotatable bonds is 3. The van der Waals surface area contributed by atoms with E-state index in [-0.39, 0.29) is 10.8 Å². The maximum Gasteiger partial charge on any atom is 0.253 e. The van der Waals surface area contributed by atoms with Crippen molar-refractivity contribution in [2.45, 2.75) is 24.7 Å². The third-order valence-electron chi connectivity index (χ3n) is 3.82. The van der Waals surface area contributed by atoms with Gasteiger partial charge in [-0.2, -0.15) is 0 Å². The standard InChI is InChI=1S/C15H22N2O3S/c1-12-5-4-10-17(11-12)15(18)13-6-8-14(9-7-13)21(19,20)16(2)3/h6-9,12H,4-5,10-11H2,1-3H3/t12-/m0/s1. The lowest BCUT2D eigenvalue weighted by Gasteiger charge is -2.31. The summed E-state index contributed by atoms with van der Waals surface area (Å²) in [6, 6.07) is 6.18. The first-order valence-electron chi connectivity index (χ1n) is 7.14. The summed E-state index contributed by atoms with van der Waals surface area (Å²) in [7, 11) is -0.465. The summed E-state index contributed by atoms with van der Waals surface area (Å²) in [6.45, 7) is 3.70. The van der Waals surface area contributed by atoms with Gasteiger partial charge in [0.05, 0.1) is 4.90 Å². The van der Waals surface area contributed by atoms with Crippen molar-refractivity contribution in [1.82, 2.24) is 9.21 Å². The lowest BCUT2D eigenvalue weighted by atomic mass is 9.99. The Balaban J connectivity index is 2.17. The zero-order valence-corrected chi connectivity index (χ0v) is 13.6. The zero-order valence-electron chi connectivity index (χ0n) is 12.7. The second kappa shape index (κ2) is 6.15. The number of piperidine rings is 1.